The standard InChI is InChI=1S/C45H38N12O2Se2/c1-27-21-30(17-19-33(27)49-40-35(28-13-9-7-10-14-28)51-43-38-41(48-25-56(40)43)54(4)26-53(38)3)60-61-31-18-20-34(32(22-31)45(58)59-6)50-42-36(29-15-11-8-12-16-29)55(5)44-37-39(46-23-52(37)2)47-24-57(42)44/h7-26,49H,5H2,1-4,6H3/p+2. The number of nitrogens with one attached hydrogen (secondary N) is 3. The molecule has 14 nitrogen and oxygen atoms in total. The number of ether oxygens (including phenoxy) is 1. The number of carbonyl (C=O) groups is 1. The summed E-state index contributed by atoms with van der Waals surface area (Å²) in [6, 6.07) is 32.9. The number of aryl methyl sites for hydroxylation is 4. The van der Waals surface area contributed by atoms with Gasteiger partial charge in [-0.1, -0.05) is 0 Å². The number of anilines is 4. The maximum atomic E-state index is 13.4. The SMILES string of the molecule is [CH2-][n+]1c(-c2ccccc2)c(Nc2ccc([Se][Se]c3ccc(Nc4c(-c5ccccc5)nc5c6c(ncn45)n(C)c[n+]6C)c(C)c3)cc2C(=O)OC)n2cnc3[nH]c[n+](C)c3c21. The van der Waals surface area contributed by atoms with Crippen molar-refractivity contribution in [2.45, 2.75) is 6.92 Å². The zero-order valence-electron chi connectivity index (χ0n) is 33.9. The molecule has 10 aromatic rings. The molecule has 0 saturated heterocycles. The number of benzene rings is 4. The van der Waals surface area contributed by atoms with Gasteiger partial charge in [0, 0.05) is 0 Å². The minimum atomic E-state index is -0.416. The fourth-order valence-corrected chi connectivity index (χ4v) is 14.0. The van der Waals surface area contributed by atoms with E-state index in [0.717, 1.165) is 83.5 Å². The van der Waals surface area contributed by atoms with Crippen molar-refractivity contribution < 1.29 is 23.2 Å². The van der Waals surface area contributed by atoms with Crippen LogP contribution >= 0.6 is 0 Å². The molecule has 0 atom stereocenters. The number of hydrogen-bond acceptors (Lipinski definition) is 7. The van der Waals surface area contributed by atoms with E-state index in [1.54, 1.807) is 6.33 Å². The number of carbonyl (C=O) groups excluding carboxylic acids is 1. The number of rotatable bonds is 10. The van der Waals surface area contributed by atoms with Gasteiger partial charge in [0.2, 0.25) is 0 Å². The molecule has 0 spiro atoms. The second-order valence-electron chi connectivity index (χ2n) is 14.7. The van der Waals surface area contributed by atoms with Crippen LogP contribution in [0.5, 0.6) is 0 Å². The van der Waals surface area contributed by atoms with Gasteiger partial charge in [0.25, 0.3) is 0 Å². The van der Waals surface area contributed by atoms with Crippen LogP contribution in [-0.4, -0.2) is 72.6 Å². The topological polar surface area (TPSA) is 130 Å². The summed E-state index contributed by atoms with van der Waals surface area (Å²) >= 11 is 0.210. The molecule has 0 unspecified atom stereocenters. The second kappa shape index (κ2) is 15.3. The molecule has 0 bridgehead atoms. The minimum absolute atomic E-state index is 0.0753. The van der Waals surface area contributed by atoms with Crippen LogP contribution in [0.25, 0.3) is 56.1 Å². The molecule has 0 radical (unpaired) electrons. The molecule has 0 aliphatic carbocycles. The average Bonchev–Trinajstić information content (AvgIpc) is 4.01. The number of nitrogens with zero attached hydrogens (tertiary/aromatic N) is 9. The zero-order chi connectivity index (χ0) is 41.9. The van der Waals surface area contributed by atoms with Crippen LogP contribution in [0.15, 0.2) is 122 Å². The predicted molar refractivity (Wildman–Crippen MR) is 237 cm³/mol. The van der Waals surface area contributed by atoms with Crippen LogP contribution in [0.4, 0.5) is 23.0 Å². The van der Waals surface area contributed by atoms with Crippen molar-refractivity contribution in [3.63, 3.8) is 0 Å². The summed E-state index contributed by atoms with van der Waals surface area (Å²) in [6.45, 7) is 2.13. The van der Waals surface area contributed by atoms with Gasteiger partial charge in [-0.15, -0.1) is 0 Å². The molecule has 10 rings (SSSR count). The van der Waals surface area contributed by atoms with Gasteiger partial charge in [-0.2, -0.15) is 0 Å². The van der Waals surface area contributed by atoms with E-state index in [2.05, 4.69) is 70.6 Å². The summed E-state index contributed by atoms with van der Waals surface area (Å²) in [4.78, 5) is 31.3. The first-order chi connectivity index (χ1) is 29.7. The van der Waals surface area contributed by atoms with Gasteiger partial charge >= 0.3 is 363 Å². The zero-order valence-corrected chi connectivity index (χ0v) is 37.3. The number of aromatic amines is 1. The third kappa shape index (κ3) is 6.57. The first kappa shape index (κ1) is 38.3. The third-order valence-electron chi connectivity index (χ3n) is 10.8. The van der Waals surface area contributed by atoms with Gasteiger partial charge in [0.15, 0.2) is 0 Å². The van der Waals surface area contributed by atoms with Gasteiger partial charge in [0.05, 0.1) is 0 Å². The van der Waals surface area contributed by atoms with E-state index >= 15 is 0 Å². The van der Waals surface area contributed by atoms with Crippen molar-refractivity contribution in [2.75, 3.05) is 17.7 Å². The molecule has 0 aliphatic heterocycles. The summed E-state index contributed by atoms with van der Waals surface area (Å²) in [5.41, 5.74) is 12.0. The number of fused-ring (bicyclic) bond motifs is 6. The Morgan fingerprint density at radius 1 is 0.787 bits per heavy atom. The van der Waals surface area contributed by atoms with Crippen molar-refractivity contribution in [2.24, 2.45) is 21.1 Å². The van der Waals surface area contributed by atoms with Crippen molar-refractivity contribution in [3.05, 3.63) is 141 Å². The number of imidazole rings is 4. The molecular formula is C45H40N12O2Se2+2. The molecule has 6 aromatic heterocycles. The van der Waals surface area contributed by atoms with E-state index in [0.29, 0.717) is 11.3 Å². The van der Waals surface area contributed by atoms with Crippen LogP contribution in [0, 0.1) is 14.0 Å². The van der Waals surface area contributed by atoms with Crippen LogP contribution in [-0.2, 0) is 25.9 Å². The Labute approximate surface area is 361 Å². The van der Waals surface area contributed by atoms with Crippen LogP contribution < -0.4 is 33.3 Å². The van der Waals surface area contributed by atoms with Crippen molar-refractivity contribution >= 4 is 97.8 Å². The van der Waals surface area contributed by atoms with E-state index < -0.39 is 5.97 Å². The first-order valence-electron chi connectivity index (χ1n) is 19.3. The van der Waals surface area contributed by atoms with Gasteiger partial charge in [0.1, 0.15) is 0 Å². The van der Waals surface area contributed by atoms with Crippen molar-refractivity contribution in [1.82, 2.24) is 33.3 Å². The van der Waals surface area contributed by atoms with Crippen molar-refractivity contribution in [1.29, 1.82) is 0 Å². The summed E-state index contributed by atoms with van der Waals surface area (Å²) in [5.74, 6) is 1.16. The van der Waals surface area contributed by atoms with E-state index in [1.165, 1.54) is 11.6 Å². The molecular weight excluding hydrogens is 898 g/mol. The Hall–Kier alpha value is -6.96. The monoisotopic (exact) mass is 940 g/mol. The Morgan fingerprint density at radius 3 is 2.18 bits per heavy atom. The predicted octanol–water partition coefficient (Wildman–Crippen LogP) is 4.12. The Kier molecular flexibility index (Phi) is 9.57. The molecule has 0 saturated carbocycles. The van der Waals surface area contributed by atoms with E-state index in [9.17, 15) is 4.79 Å². The van der Waals surface area contributed by atoms with E-state index in [-0.39, 0.29) is 26.3 Å². The molecule has 16 heteroatoms. The number of hydrogen-bond donors (Lipinski definition) is 3. The number of H-pyrrole nitrogens is 1. The Bertz CT molecular complexity index is 3340. The number of esters is 1. The van der Waals surface area contributed by atoms with E-state index in [1.807, 2.05) is 123 Å². The summed E-state index contributed by atoms with van der Waals surface area (Å²) in [7, 11) is 11.9. The van der Waals surface area contributed by atoms with Gasteiger partial charge in [-0.05, 0) is 0 Å². The maximum absolute atomic E-state index is 13.4. The molecule has 61 heavy (non-hydrogen) atoms. The second-order valence-corrected chi connectivity index (χ2v) is 21.0. The van der Waals surface area contributed by atoms with Crippen LogP contribution in [0.2, 0.25) is 0 Å². The summed E-state index contributed by atoms with van der Waals surface area (Å²) < 4.78 is 19.7. The van der Waals surface area contributed by atoms with Crippen LogP contribution in [0.3, 0.4) is 0 Å². The normalized spacial score (nSPS) is 11.6. The molecule has 6 heterocycles. The Balaban J connectivity index is 0.946. The van der Waals surface area contributed by atoms with Gasteiger partial charge in [-0.25, -0.2) is 0 Å². The molecule has 0 fully saturated rings. The van der Waals surface area contributed by atoms with Gasteiger partial charge < -0.3 is 0 Å². The third-order valence-corrected chi connectivity index (χ3v) is 17.9. The van der Waals surface area contributed by atoms with Crippen LogP contribution in [0.1, 0.15) is 15.9 Å². The fraction of sp³-hybridized carbons (Fsp3) is 0.111. The van der Waals surface area contributed by atoms with Crippen molar-refractivity contribution in [3.8, 4) is 22.5 Å². The summed E-state index contributed by atoms with van der Waals surface area (Å²) in [5, 5.41) is 7.33. The molecule has 3 N–H and O–H groups in total. The molecule has 0 amide bonds. The summed E-state index contributed by atoms with van der Waals surface area (Å²) in [6.07, 6.45) is 7.49. The fourth-order valence-electron chi connectivity index (χ4n) is 7.87. The Morgan fingerprint density at radius 2 is 1.46 bits per heavy atom. The molecule has 4 aromatic carbocycles. The molecule has 302 valence electrons. The number of methoxy groups -OCH3 is 1. The van der Waals surface area contributed by atoms with E-state index in [4.69, 9.17) is 19.7 Å². The first-order valence-corrected chi connectivity index (χ1v) is 25.4. The average molecular weight is 939 g/mol. The number of aromatic nitrogens is 10. The van der Waals surface area contributed by atoms with Gasteiger partial charge in [-0.3, -0.25) is 0 Å². The molecule has 0 aliphatic rings. The quantitative estimate of drug-likeness (QED) is 0.0816.